The molecule has 0 aromatic rings. The number of hydrogen-bond acceptors (Lipinski definition) is 3. The summed E-state index contributed by atoms with van der Waals surface area (Å²) in [5.41, 5.74) is 4.78. The molecule has 0 bridgehead atoms. The molecule has 1 radical (unpaired) electrons. The molecule has 5 heteroatoms. The SMILES string of the molecule is CC(=O)O.NCCO.[Cu]. The normalized spacial score (nSPS) is 6.11. The zero-order valence-corrected chi connectivity index (χ0v) is 6.04. The summed E-state index contributed by atoms with van der Waals surface area (Å²) in [7, 11) is 0. The summed E-state index contributed by atoms with van der Waals surface area (Å²) in [5.74, 6) is -0.833. The van der Waals surface area contributed by atoms with E-state index in [1.807, 2.05) is 0 Å². The Labute approximate surface area is 64.5 Å². The molecular formula is C4H11CuNO3. The Balaban J connectivity index is -0.0000000720. The summed E-state index contributed by atoms with van der Waals surface area (Å²) in [4.78, 5) is 9.00. The van der Waals surface area contributed by atoms with Crippen molar-refractivity contribution in [1.29, 1.82) is 0 Å². The van der Waals surface area contributed by atoms with E-state index >= 15 is 0 Å². The molecule has 0 atom stereocenters. The predicted molar refractivity (Wildman–Crippen MR) is 29.4 cm³/mol. The van der Waals surface area contributed by atoms with Crippen LogP contribution in [0.25, 0.3) is 0 Å². The van der Waals surface area contributed by atoms with Crippen molar-refractivity contribution in [1.82, 2.24) is 0 Å². The molecule has 4 nitrogen and oxygen atoms in total. The van der Waals surface area contributed by atoms with Gasteiger partial charge in [-0.05, 0) is 0 Å². The number of rotatable bonds is 1. The van der Waals surface area contributed by atoms with E-state index in [0.717, 1.165) is 6.92 Å². The first-order valence-electron chi connectivity index (χ1n) is 2.15. The van der Waals surface area contributed by atoms with Crippen LogP contribution in [0.4, 0.5) is 0 Å². The van der Waals surface area contributed by atoms with Gasteiger partial charge in [-0.3, -0.25) is 4.79 Å². The molecule has 4 N–H and O–H groups in total. The summed E-state index contributed by atoms with van der Waals surface area (Å²) >= 11 is 0. The average molecular weight is 185 g/mol. The van der Waals surface area contributed by atoms with Crippen molar-refractivity contribution in [2.75, 3.05) is 13.2 Å². The summed E-state index contributed by atoms with van der Waals surface area (Å²) in [6.45, 7) is 1.56. The number of aliphatic carboxylic acids is 1. The molecule has 0 amide bonds. The van der Waals surface area contributed by atoms with E-state index in [4.69, 9.17) is 20.7 Å². The van der Waals surface area contributed by atoms with Crippen LogP contribution in [-0.2, 0) is 21.9 Å². The van der Waals surface area contributed by atoms with Crippen LogP contribution in [0.15, 0.2) is 0 Å². The van der Waals surface area contributed by atoms with Crippen LogP contribution in [0, 0.1) is 0 Å². The molecule has 0 aliphatic heterocycles. The van der Waals surface area contributed by atoms with Crippen molar-refractivity contribution in [2.45, 2.75) is 6.92 Å². The molecule has 0 fully saturated rings. The van der Waals surface area contributed by atoms with Crippen molar-refractivity contribution >= 4 is 5.97 Å². The van der Waals surface area contributed by atoms with Crippen LogP contribution in [-0.4, -0.2) is 29.3 Å². The van der Waals surface area contributed by atoms with Crippen LogP contribution in [0.3, 0.4) is 0 Å². The first-order valence-corrected chi connectivity index (χ1v) is 2.15. The van der Waals surface area contributed by atoms with Gasteiger partial charge in [0.2, 0.25) is 0 Å². The van der Waals surface area contributed by atoms with Crippen LogP contribution in [0.5, 0.6) is 0 Å². The Bertz CT molecular complexity index is 53.8. The van der Waals surface area contributed by atoms with Gasteiger partial charge in [0, 0.05) is 30.5 Å². The number of carbonyl (C=O) groups is 1. The van der Waals surface area contributed by atoms with Crippen molar-refractivity contribution in [3.63, 3.8) is 0 Å². The summed E-state index contributed by atoms with van der Waals surface area (Å²) < 4.78 is 0. The fourth-order valence-electron chi connectivity index (χ4n) is 0. The Morgan fingerprint density at radius 2 is 1.78 bits per heavy atom. The van der Waals surface area contributed by atoms with E-state index in [-0.39, 0.29) is 23.7 Å². The molecule has 0 aliphatic carbocycles. The van der Waals surface area contributed by atoms with E-state index in [0.29, 0.717) is 6.54 Å². The summed E-state index contributed by atoms with van der Waals surface area (Å²) in [5, 5.41) is 15.2. The molecule has 0 aliphatic rings. The largest absolute Gasteiger partial charge is 0.481 e. The topological polar surface area (TPSA) is 83.5 Å². The number of nitrogens with two attached hydrogens (primary N) is 1. The maximum atomic E-state index is 9.00. The zero-order chi connectivity index (χ0) is 6.99. The molecule has 0 rings (SSSR count). The summed E-state index contributed by atoms with van der Waals surface area (Å²) in [6.07, 6.45) is 0. The van der Waals surface area contributed by atoms with E-state index in [2.05, 4.69) is 0 Å². The number of carboxylic acids is 1. The molecule has 0 heterocycles. The molecule has 0 saturated carbocycles. The zero-order valence-electron chi connectivity index (χ0n) is 5.10. The Kier molecular flexibility index (Phi) is 27.8. The van der Waals surface area contributed by atoms with Crippen LogP contribution >= 0.6 is 0 Å². The third-order valence-electron chi connectivity index (χ3n) is 0.129. The van der Waals surface area contributed by atoms with Gasteiger partial charge in [-0.2, -0.15) is 0 Å². The third-order valence-corrected chi connectivity index (χ3v) is 0.129. The minimum absolute atomic E-state index is 0. The number of aliphatic hydroxyl groups excluding tert-OH is 1. The second kappa shape index (κ2) is 15.7. The van der Waals surface area contributed by atoms with Gasteiger partial charge in [-0.15, -0.1) is 0 Å². The Hall–Kier alpha value is -0.0905. The fraction of sp³-hybridized carbons (Fsp3) is 0.750. The van der Waals surface area contributed by atoms with E-state index in [1.54, 1.807) is 0 Å². The van der Waals surface area contributed by atoms with E-state index in [1.165, 1.54) is 0 Å². The molecule has 0 aromatic carbocycles. The number of aliphatic hydroxyl groups is 1. The van der Waals surface area contributed by atoms with Gasteiger partial charge in [-0.25, -0.2) is 0 Å². The maximum Gasteiger partial charge on any atom is 0.300 e. The maximum absolute atomic E-state index is 9.00. The Morgan fingerprint density at radius 3 is 1.78 bits per heavy atom. The third kappa shape index (κ3) is 334. The standard InChI is InChI=1S/C2H7NO.C2H4O2.Cu/c3-1-2-4;1-2(3)4;/h4H,1-3H2;1H3,(H,3,4);. The van der Waals surface area contributed by atoms with Crippen molar-refractivity contribution in [3.05, 3.63) is 0 Å². The van der Waals surface area contributed by atoms with Gasteiger partial charge in [0.15, 0.2) is 0 Å². The number of hydrogen-bond donors (Lipinski definition) is 3. The van der Waals surface area contributed by atoms with Gasteiger partial charge in [0.1, 0.15) is 0 Å². The summed E-state index contributed by atoms with van der Waals surface area (Å²) in [6, 6.07) is 0. The predicted octanol–water partition coefficient (Wildman–Crippen LogP) is -0.974. The smallest absolute Gasteiger partial charge is 0.300 e. The number of carboxylic acid groups (broad SMARTS) is 1. The van der Waals surface area contributed by atoms with Crippen LogP contribution < -0.4 is 5.73 Å². The molecule has 0 spiro atoms. The monoisotopic (exact) mass is 184 g/mol. The average Bonchev–Trinajstić information content (AvgIpc) is 1.65. The van der Waals surface area contributed by atoms with Gasteiger partial charge in [-0.1, -0.05) is 0 Å². The van der Waals surface area contributed by atoms with Crippen molar-refractivity contribution < 1.29 is 32.1 Å². The van der Waals surface area contributed by atoms with Gasteiger partial charge >= 0.3 is 0 Å². The van der Waals surface area contributed by atoms with Crippen molar-refractivity contribution in [3.8, 4) is 0 Å². The molecular weight excluding hydrogens is 174 g/mol. The molecule has 9 heavy (non-hydrogen) atoms. The van der Waals surface area contributed by atoms with Crippen LogP contribution in [0.1, 0.15) is 6.92 Å². The van der Waals surface area contributed by atoms with E-state index in [9.17, 15) is 0 Å². The first kappa shape index (κ1) is 16.0. The van der Waals surface area contributed by atoms with E-state index < -0.39 is 5.97 Å². The minimum Gasteiger partial charge on any atom is -0.481 e. The fourth-order valence-corrected chi connectivity index (χ4v) is 0. The second-order valence-corrected chi connectivity index (χ2v) is 1.03. The molecule has 0 saturated heterocycles. The van der Waals surface area contributed by atoms with Crippen molar-refractivity contribution in [2.24, 2.45) is 5.73 Å². The van der Waals surface area contributed by atoms with Gasteiger partial charge < -0.3 is 15.9 Å². The first-order chi connectivity index (χ1) is 3.65. The minimum atomic E-state index is -0.833. The molecule has 0 aromatic heterocycles. The quantitative estimate of drug-likeness (QED) is 0.458. The molecule has 0 unspecified atom stereocenters. The van der Waals surface area contributed by atoms with Gasteiger partial charge in [0.05, 0.1) is 6.61 Å². The second-order valence-electron chi connectivity index (χ2n) is 1.03. The van der Waals surface area contributed by atoms with Crippen LogP contribution in [0.2, 0.25) is 0 Å². The molecule has 61 valence electrons. The Morgan fingerprint density at radius 1 is 1.67 bits per heavy atom. The van der Waals surface area contributed by atoms with Gasteiger partial charge in [0.25, 0.3) is 5.97 Å².